The quantitative estimate of drug-likeness (QED) is 0.764. The van der Waals surface area contributed by atoms with E-state index in [1.807, 2.05) is 7.05 Å². The average Bonchev–Trinajstić information content (AvgIpc) is 2.87. The van der Waals surface area contributed by atoms with Crippen LogP contribution in [-0.4, -0.2) is 43.4 Å². The predicted octanol–water partition coefficient (Wildman–Crippen LogP) is 0.858. The highest BCUT2D eigenvalue weighted by molar-refractivity contribution is 5.78. The molecule has 5 heteroatoms. The third-order valence-electron chi connectivity index (χ3n) is 3.85. The largest absolute Gasteiger partial charge is 0.355 e. The zero-order valence-corrected chi connectivity index (χ0v) is 12.7. The average molecular weight is 289 g/mol. The van der Waals surface area contributed by atoms with Gasteiger partial charge < -0.3 is 10.6 Å². The van der Waals surface area contributed by atoms with Gasteiger partial charge in [-0.25, -0.2) is 0 Å². The minimum absolute atomic E-state index is 0.00719. The summed E-state index contributed by atoms with van der Waals surface area (Å²) in [6, 6.07) is 8.76. The minimum Gasteiger partial charge on any atom is -0.355 e. The van der Waals surface area contributed by atoms with E-state index in [1.54, 1.807) is 0 Å². The van der Waals surface area contributed by atoms with Crippen LogP contribution in [0.4, 0.5) is 0 Å². The van der Waals surface area contributed by atoms with E-state index in [-0.39, 0.29) is 11.8 Å². The Hall–Kier alpha value is -1.88. The molecule has 0 heterocycles. The second-order valence-corrected chi connectivity index (χ2v) is 5.50. The van der Waals surface area contributed by atoms with Gasteiger partial charge in [-0.1, -0.05) is 24.3 Å². The van der Waals surface area contributed by atoms with Crippen LogP contribution < -0.4 is 10.6 Å². The van der Waals surface area contributed by atoms with Crippen molar-refractivity contribution in [1.82, 2.24) is 15.5 Å². The second kappa shape index (κ2) is 7.22. The lowest BCUT2D eigenvalue weighted by Gasteiger charge is -2.24. The van der Waals surface area contributed by atoms with Gasteiger partial charge in [0.1, 0.15) is 0 Å². The molecule has 0 radical (unpaired) electrons. The molecule has 0 saturated carbocycles. The summed E-state index contributed by atoms with van der Waals surface area (Å²) in [6.45, 7) is 2.77. The number of carbonyl (C=O) groups is 2. The van der Waals surface area contributed by atoms with E-state index in [2.05, 4.69) is 39.8 Å². The highest BCUT2D eigenvalue weighted by Gasteiger charge is 2.26. The van der Waals surface area contributed by atoms with Crippen LogP contribution in [0.5, 0.6) is 0 Å². The summed E-state index contributed by atoms with van der Waals surface area (Å²) in [5, 5.41) is 5.48. The van der Waals surface area contributed by atoms with Gasteiger partial charge in [-0.15, -0.1) is 0 Å². The van der Waals surface area contributed by atoms with Crippen molar-refractivity contribution in [2.45, 2.75) is 25.8 Å². The van der Waals surface area contributed by atoms with Gasteiger partial charge in [0.2, 0.25) is 11.8 Å². The molecule has 0 fully saturated rings. The molecule has 0 aliphatic heterocycles. The summed E-state index contributed by atoms with van der Waals surface area (Å²) in [5.74, 6) is -0.0869. The predicted molar refractivity (Wildman–Crippen MR) is 81.8 cm³/mol. The lowest BCUT2D eigenvalue weighted by molar-refractivity contribution is -0.123. The van der Waals surface area contributed by atoms with Crippen LogP contribution in [0, 0.1) is 0 Å². The Morgan fingerprint density at radius 2 is 1.95 bits per heavy atom. The number of aryl methyl sites for hydroxylation is 1. The molecule has 0 bridgehead atoms. The summed E-state index contributed by atoms with van der Waals surface area (Å²) in [6.07, 6.45) is 2.14. The Balaban J connectivity index is 1.78. The van der Waals surface area contributed by atoms with Crippen molar-refractivity contribution in [2.75, 3.05) is 26.7 Å². The van der Waals surface area contributed by atoms with E-state index < -0.39 is 0 Å². The fourth-order valence-corrected chi connectivity index (χ4v) is 2.83. The Morgan fingerprint density at radius 1 is 1.24 bits per heavy atom. The number of amides is 2. The molecule has 0 aromatic heterocycles. The number of likely N-dealkylation sites (N-methyl/N-ethyl adjacent to an activating group) is 1. The summed E-state index contributed by atoms with van der Waals surface area (Å²) in [5.41, 5.74) is 2.73. The molecule has 0 saturated heterocycles. The number of carbonyl (C=O) groups excluding carboxylic acids is 2. The Labute approximate surface area is 125 Å². The highest BCUT2D eigenvalue weighted by Crippen LogP contribution is 2.34. The van der Waals surface area contributed by atoms with Crippen LogP contribution in [0.15, 0.2) is 24.3 Å². The van der Waals surface area contributed by atoms with Gasteiger partial charge in [0.15, 0.2) is 0 Å². The lowest BCUT2D eigenvalue weighted by atomic mass is 10.1. The number of nitrogens with one attached hydrogen (secondary N) is 2. The van der Waals surface area contributed by atoms with Gasteiger partial charge in [-0.2, -0.15) is 0 Å². The molecular weight excluding hydrogens is 266 g/mol. The van der Waals surface area contributed by atoms with Gasteiger partial charge in [0.25, 0.3) is 0 Å². The topological polar surface area (TPSA) is 61.4 Å². The van der Waals surface area contributed by atoms with E-state index in [1.165, 1.54) is 18.1 Å². The standard InChI is InChI=1S/C16H23N3O2/c1-12(20)17-9-10-18-16(21)11-19(2)15-8-7-13-5-3-4-6-14(13)15/h3-6,15H,7-11H2,1-2H3,(H,17,20)(H,18,21). The van der Waals surface area contributed by atoms with Gasteiger partial charge in [0.05, 0.1) is 6.54 Å². The summed E-state index contributed by atoms with van der Waals surface area (Å²) < 4.78 is 0. The summed E-state index contributed by atoms with van der Waals surface area (Å²) in [4.78, 5) is 24.7. The first kappa shape index (κ1) is 15.5. The van der Waals surface area contributed by atoms with Gasteiger partial charge in [-0.05, 0) is 31.0 Å². The molecule has 2 rings (SSSR count). The zero-order chi connectivity index (χ0) is 15.2. The molecule has 21 heavy (non-hydrogen) atoms. The molecule has 1 aliphatic carbocycles. The van der Waals surface area contributed by atoms with E-state index in [9.17, 15) is 9.59 Å². The number of hydrogen-bond donors (Lipinski definition) is 2. The first-order valence-corrected chi connectivity index (χ1v) is 7.37. The lowest BCUT2D eigenvalue weighted by Crippen LogP contribution is -2.39. The number of hydrogen-bond acceptors (Lipinski definition) is 3. The Bertz CT molecular complexity index is 516. The molecule has 1 aromatic carbocycles. The second-order valence-electron chi connectivity index (χ2n) is 5.50. The van der Waals surface area contributed by atoms with Crippen molar-refractivity contribution < 1.29 is 9.59 Å². The molecule has 5 nitrogen and oxygen atoms in total. The van der Waals surface area contributed by atoms with Crippen molar-refractivity contribution in [3.05, 3.63) is 35.4 Å². The molecule has 1 aromatic rings. The maximum Gasteiger partial charge on any atom is 0.234 e. The third kappa shape index (κ3) is 4.29. The van der Waals surface area contributed by atoms with Crippen molar-refractivity contribution in [1.29, 1.82) is 0 Å². The number of nitrogens with zero attached hydrogens (tertiary/aromatic N) is 1. The molecule has 2 amide bonds. The molecule has 114 valence electrons. The van der Waals surface area contributed by atoms with E-state index in [0.29, 0.717) is 25.7 Å². The number of rotatable bonds is 6. The van der Waals surface area contributed by atoms with Gasteiger partial charge in [0, 0.05) is 26.1 Å². The Kier molecular flexibility index (Phi) is 5.33. The van der Waals surface area contributed by atoms with Crippen molar-refractivity contribution >= 4 is 11.8 Å². The third-order valence-corrected chi connectivity index (χ3v) is 3.85. The molecule has 0 spiro atoms. The SMILES string of the molecule is CC(=O)NCCNC(=O)CN(C)C1CCc2ccccc21. The van der Waals surface area contributed by atoms with E-state index in [0.717, 1.165) is 12.8 Å². The maximum atomic E-state index is 11.9. The minimum atomic E-state index is -0.0797. The summed E-state index contributed by atoms with van der Waals surface area (Å²) >= 11 is 0. The smallest absolute Gasteiger partial charge is 0.234 e. The molecule has 1 unspecified atom stereocenters. The summed E-state index contributed by atoms with van der Waals surface area (Å²) in [7, 11) is 1.99. The zero-order valence-electron chi connectivity index (χ0n) is 12.7. The van der Waals surface area contributed by atoms with Crippen LogP contribution >= 0.6 is 0 Å². The highest BCUT2D eigenvalue weighted by atomic mass is 16.2. The van der Waals surface area contributed by atoms with Crippen molar-refractivity contribution in [2.24, 2.45) is 0 Å². The maximum absolute atomic E-state index is 11.9. The first-order valence-electron chi connectivity index (χ1n) is 7.37. The van der Waals surface area contributed by atoms with Gasteiger partial charge in [-0.3, -0.25) is 14.5 Å². The van der Waals surface area contributed by atoms with Gasteiger partial charge >= 0.3 is 0 Å². The van der Waals surface area contributed by atoms with Crippen LogP contribution in [0.1, 0.15) is 30.5 Å². The van der Waals surface area contributed by atoms with Crippen LogP contribution in [0.3, 0.4) is 0 Å². The van der Waals surface area contributed by atoms with E-state index in [4.69, 9.17) is 0 Å². The fourth-order valence-electron chi connectivity index (χ4n) is 2.83. The molecular formula is C16H23N3O2. The molecule has 2 N–H and O–H groups in total. The number of fused-ring (bicyclic) bond motifs is 1. The molecule has 1 aliphatic rings. The number of benzene rings is 1. The van der Waals surface area contributed by atoms with Crippen LogP contribution in [0.2, 0.25) is 0 Å². The van der Waals surface area contributed by atoms with Crippen LogP contribution in [-0.2, 0) is 16.0 Å². The van der Waals surface area contributed by atoms with Crippen molar-refractivity contribution in [3.8, 4) is 0 Å². The fraction of sp³-hybridized carbons (Fsp3) is 0.500. The van der Waals surface area contributed by atoms with Crippen LogP contribution in [0.25, 0.3) is 0 Å². The van der Waals surface area contributed by atoms with E-state index >= 15 is 0 Å². The normalized spacial score (nSPS) is 16.6. The molecule has 1 atom stereocenters. The monoisotopic (exact) mass is 289 g/mol. The first-order chi connectivity index (χ1) is 10.1. The van der Waals surface area contributed by atoms with Crippen molar-refractivity contribution in [3.63, 3.8) is 0 Å². The Morgan fingerprint density at radius 3 is 2.71 bits per heavy atom.